The molecule has 0 spiro atoms. The third-order valence-electron chi connectivity index (χ3n) is 2.92. The maximum Gasteiger partial charge on any atom is 0.318 e. The highest BCUT2D eigenvalue weighted by Gasteiger charge is 1.98. The van der Waals surface area contributed by atoms with Crippen molar-refractivity contribution in [2.24, 2.45) is 0 Å². The molecule has 4 heteroatoms. The van der Waals surface area contributed by atoms with Gasteiger partial charge in [-0.05, 0) is 24.1 Å². The molecular formula is C17H17FN2O. The van der Waals surface area contributed by atoms with E-state index in [4.69, 9.17) is 0 Å². The summed E-state index contributed by atoms with van der Waals surface area (Å²) in [4.78, 5) is 11.5. The average Bonchev–Trinajstić information content (AvgIpc) is 2.50. The summed E-state index contributed by atoms with van der Waals surface area (Å²) in [6.45, 7) is 0.545. The van der Waals surface area contributed by atoms with Gasteiger partial charge in [-0.15, -0.1) is 0 Å². The first-order chi connectivity index (χ1) is 10.3. The average molecular weight is 284 g/mol. The number of halogens is 1. The molecule has 2 aromatic rings. The third-order valence-corrected chi connectivity index (χ3v) is 2.92. The molecule has 0 aliphatic rings. The quantitative estimate of drug-likeness (QED) is 0.868. The van der Waals surface area contributed by atoms with E-state index in [-0.39, 0.29) is 11.8 Å². The Labute approximate surface area is 123 Å². The van der Waals surface area contributed by atoms with Gasteiger partial charge >= 0.3 is 6.03 Å². The zero-order chi connectivity index (χ0) is 14.9. The maximum atomic E-state index is 13.3. The van der Waals surface area contributed by atoms with Gasteiger partial charge in [0.15, 0.2) is 0 Å². The Kier molecular flexibility index (Phi) is 5.52. The van der Waals surface area contributed by atoms with E-state index in [9.17, 15) is 9.18 Å². The fourth-order valence-electron chi connectivity index (χ4n) is 1.83. The molecule has 0 aliphatic carbocycles. The number of carbonyl (C=O) groups excluding carboxylic acids is 1. The number of rotatable bonds is 5. The van der Waals surface area contributed by atoms with Crippen LogP contribution in [0.5, 0.6) is 0 Å². The van der Waals surface area contributed by atoms with Crippen LogP contribution in [-0.4, -0.2) is 12.6 Å². The van der Waals surface area contributed by atoms with Crippen molar-refractivity contribution < 1.29 is 9.18 Å². The minimum Gasteiger partial charge on any atom is -0.338 e. The third kappa shape index (κ3) is 5.10. The predicted molar refractivity (Wildman–Crippen MR) is 82.1 cm³/mol. The smallest absolute Gasteiger partial charge is 0.318 e. The van der Waals surface area contributed by atoms with Gasteiger partial charge in [0.25, 0.3) is 0 Å². The highest BCUT2D eigenvalue weighted by molar-refractivity contribution is 5.75. The summed E-state index contributed by atoms with van der Waals surface area (Å²) < 4.78 is 13.3. The lowest BCUT2D eigenvalue weighted by atomic mass is 10.1. The first-order valence-corrected chi connectivity index (χ1v) is 6.75. The molecule has 3 nitrogen and oxygen atoms in total. The Morgan fingerprint density at radius 2 is 1.76 bits per heavy atom. The molecule has 2 amide bonds. The molecule has 0 heterocycles. The molecule has 0 saturated heterocycles. The lowest BCUT2D eigenvalue weighted by Crippen LogP contribution is -2.33. The number of urea groups is 1. The van der Waals surface area contributed by atoms with E-state index in [1.54, 1.807) is 18.2 Å². The van der Waals surface area contributed by atoms with Crippen molar-refractivity contribution in [3.05, 3.63) is 77.7 Å². The van der Waals surface area contributed by atoms with Crippen molar-refractivity contribution in [2.45, 2.75) is 6.42 Å². The first-order valence-electron chi connectivity index (χ1n) is 6.75. The number of carbonyl (C=O) groups is 1. The van der Waals surface area contributed by atoms with E-state index in [2.05, 4.69) is 10.6 Å². The van der Waals surface area contributed by atoms with Gasteiger partial charge in [0, 0.05) is 18.3 Å². The maximum absolute atomic E-state index is 13.3. The van der Waals surface area contributed by atoms with Crippen LogP contribution in [0.25, 0.3) is 6.08 Å². The van der Waals surface area contributed by atoms with Crippen molar-refractivity contribution in [1.29, 1.82) is 0 Å². The summed E-state index contributed by atoms with van der Waals surface area (Å²) in [6, 6.07) is 16.0. The predicted octanol–water partition coefficient (Wildman–Crippen LogP) is 3.34. The normalized spacial score (nSPS) is 10.5. The Hall–Kier alpha value is -2.62. The molecule has 0 atom stereocenters. The molecule has 0 bridgehead atoms. The lowest BCUT2D eigenvalue weighted by Gasteiger charge is -2.04. The van der Waals surface area contributed by atoms with Crippen LogP contribution in [0.2, 0.25) is 0 Å². The topological polar surface area (TPSA) is 41.1 Å². The second-order valence-corrected chi connectivity index (χ2v) is 4.49. The largest absolute Gasteiger partial charge is 0.338 e. The van der Waals surface area contributed by atoms with Crippen LogP contribution in [0, 0.1) is 5.82 Å². The van der Waals surface area contributed by atoms with Crippen molar-refractivity contribution in [3.63, 3.8) is 0 Å². The minimum atomic E-state index is -0.319. The van der Waals surface area contributed by atoms with Crippen molar-refractivity contribution in [2.75, 3.05) is 6.54 Å². The number of nitrogens with one attached hydrogen (secondary N) is 2. The van der Waals surface area contributed by atoms with E-state index >= 15 is 0 Å². The molecular weight excluding hydrogens is 267 g/mol. The summed E-state index contributed by atoms with van der Waals surface area (Å²) in [5.41, 5.74) is 1.60. The van der Waals surface area contributed by atoms with Gasteiger partial charge in [-0.3, -0.25) is 0 Å². The molecule has 0 unspecified atom stereocenters. The van der Waals surface area contributed by atoms with Gasteiger partial charge in [-0.2, -0.15) is 0 Å². The van der Waals surface area contributed by atoms with Gasteiger partial charge in [-0.1, -0.05) is 48.5 Å². The number of amides is 2. The monoisotopic (exact) mass is 284 g/mol. The molecule has 0 fully saturated rings. The standard InChI is InChI=1S/C17H17FN2O/c18-16-9-5-4-8-15(16)11-13-20-17(21)19-12-10-14-6-2-1-3-7-14/h1-9,11,13H,10,12H2,(H2,19,20,21)/b13-11+. The zero-order valence-corrected chi connectivity index (χ0v) is 11.6. The Morgan fingerprint density at radius 1 is 1.05 bits per heavy atom. The molecule has 21 heavy (non-hydrogen) atoms. The fourth-order valence-corrected chi connectivity index (χ4v) is 1.83. The Bertz CT molecular complexity index is 611. The van der Waals surface area contributed by atoms with Gasteiger partial charge in [0.2, 0.25) is 0 Å². The van der Waals surface area contributed by atoms with Crippen LogP contribution >= 0.6 is 0 Å². The van der Waals surface area contributed by atoms with Crippen molar-refractivity contribution in [3.8, 4) is 0 Å². The van der Waals surface area contributed by atoms with Crippen LogP contribution in [0.15, 0.2) is 60.8 Å². The summed E-state index contributed by atoms with van der Waals surface area (Å²) in [6.07, 6.45) is 3.72. The summed E-state index contributed by atoms with van der Waals surface area (Å²) >= 11 is 0. The summed E-state index contributed by atoms with van der Waals surface area (Å²) in [5.74, 6) is -0.319. The zero-order valence-electron chi connectivity index (χ0n) is 11.6. The molecule has 2 aromatic carbocycles. The first kappa shape index (κ1) is 14.8. The van der Waals surface area contributed by atoms with E-state index < -0.39 is 0 Å². The molecule has 0 radical (unpaired) electrons. The molecule has 2 rings (SSSR count). The van der Waals surface area contributed by atoms with E-state index in [0.717, 1.165) is 6.42 Å². The molecule has 0 saturated carbocycles. The van der Waals surface area contributed by atoms with Gasteiger partial charge in [0.1, 0.15) is 5.82 Å². The molecule has 0 aliphatic heterocycles. The minimum absolute atomic E-state index is 0.307. The van der Waals surface area contributed by atoms with Crippen LogP contribution in [0.1, 0.15) is 11.1 Å². The Balaban J connectivity index is 1.71. The van der Waals surface area contributed by atoms with Crippen molar-refractivity contribution in [1.82, 2.24) is 10.6 Å². The van der Waals surface area contributed by atoms with E-state index in [0.29, 0.717) is 12.1 Å². The van der Waals surface area contributed by atoms with Crippen LogP contribution in [-0.2, 0) is 6.42 Å². The van der Waals surface area contributed by atoms with Crippen LogP contribution in [0.4, 0.5) is 9.18 Å². The van der Waals surface area contributed by atoms with E-state index in [1.807, 2.05) is 30.3 Å². The van der Waals surface area contributed by atoms with Crippen LogP contribution < -0.4 is 10.6 Å². The molecule has 108 valence electrons. The van der Waals surface area contributed by atoms with Crippen LogP contribution in [0.3, 0.4) is 0 Å². The van der Waals surface area contributed by atoms with Gasteiger partial charge in [-0.25, -0.2) is 9.18 Å². The highest BCUT2D eigenvalue weighted by atomic mass is 19.1. The number of hydrogen-bond donors (Lipinski definition) is 2. The summed E-state index contributed by atoms with van der Waals surface area (Å²) in [7, 11) is 0. The second-order valence-electron chi connectivity index (χ2n) is 4.49. The molecule has 0 aromatic heterocycles. The summed E-state index contributed by atoms with van der Waals surface area (Å²) in [5, 5.41) is 5.28. The second kappa shape index (κ2) is 7.85. The van der Waals surface area contributed by atoms with E-state index in [1.165, 1.54) is 23.9 Å². The lowest BCUT2D eigenvalue weighted by molar-refractivity contribution is 0.244. The highest BCUT2D eigenvalue weighted by Crippen LogP contribution is 2.07. The van der Waals surface area contributed by atoms with Crippen molar-refractivity contribution >= 4 is 12.1 Å². The van der Waals surface area contributed by atoms with Gasteiger partial charge in [0.05, 0.1) is 0 Å². The number of benzene rings is 2. The fraction of sp³-hybridized carbons (Fsp3) is 0.118. The molecule has 2 N–H and O–H groups in total. The SMILES string of the molecule is O=C(N/C=C/c1ccccc1F)NCCc1ccccc1. The van der Waals surface area contributed by atoms with Gasteiger partial charge < -0.3 is 10.6 Å². The Morgan fingerprint density at radius 3 is 2.52 bits per heavy atom. The number of hydrogen-bond acceptors (Lipinski definition) is 1.